The van der Waals surface area contributed by atoms with E-state index >= 15 is 0 Å². The van der Waals surface area contributed by atoms with Crippen molar-refractivity contribution in [1.29, 1.82) is 0 Å². The van der Waals surface area contributed by atoms with E-state index < -0.39 is 6.10 Å². The summed E-state index contributed by atoms with van der Waals surface area (Å²) in [6, 6.07) is 13.5. The van der Waals surface area contributed by atoms with Gasteiger partial charge in [-0.05, 0) is 41.3 Å². The van der Waals surface area contributed by atoms with Crippen molar-refractivity contribution in [3.05, 3.63) is 81.0 Å². The van der Waals surface area contributed by atoms with Gasteiger partial charge in [0.1, 0.15) is 6.54 Å². The predicted molar refractivity (Wildman–Crippen MR) is 128 cm³/mol. The highest BCUT2D eigenvalue weighted by atomic mass is 16.3. The normalized spacial score (nSPS) is 14.8. The highest BCUT2D eigenvalue weighted by Gasteiger charge is 2.23. The van der Waals surface area contributed by atoms with Gasteiger partial charge in [0.15, 0.2) is 6.29 Å². The van der Waals surface area contributed by atoms with Gasteiger partial charge in [-0.2, -0.15) is 4.91 Å². The predicted octanol–water partition coefficient (Wildman–Crippen LogP) is 3.07. The third-order valence-corrected chi connectivity index (χ3v) is 5.77. The Morgan fingerprint density at radius 3 is 2.85 bits per heavy atom. The van der Waals surface area contributed by atoms with Crippen molar-refractivity contribution >= 4 is 29.5 Å². The number of amides is 1. The molecule has 1 unspecified atom stereocenters. The van der Waals surface area contributed by atoms with Crippen molar-refractivity contribution in [1.82, 2.24) is 10.3 Å². The van der Waals surface area contributed by atoms with Crippen LogP contribution in [0, 0.1) is 11.8 Å². The smallest absolute Gasteiger partial charge is 0.253 e. The van der Waals surface area contributed by atoms with Crippen molar-refractivity contribution in [2.45, 2.75) is 19.4 Å². The van der Waals surface area contributed by atoms with Crippen LogP contribution in [0.15, 0.2) is 47.6 Å². The zero-order chi connectivity index (χ0) is 23.5. The number of nitrogens with zero attached hydrogens (tertiary/aromatic N) is 1. The number of carbonyl (C=O) groups excluding carboxylic acids is 2. The lowest BCUT2D eigenvalue weighted by Gasteiger charge is -2.16. The summed E-state index contributed by atoms with van der Waals surface area (Å²) in [6.45, 7) is 1.38. The van der Waals surface area contributed by atoms with Crippen LogP contribution in [-0.4, -0.2) is 41.5 Å². The number of nitrogens with two attached hydrogens (primary N) is 1. The van der Waals surface area contributed by atoms with Gasteiger partial charge in [-0.15, -0.1) is 0 Å². The Hall–Kier alpha value is -4.04. The van der Waals surface area contributed by atoms with Gasteiger partial charge in [-0.1, -0.05) is 41.6 Å². The fraction of sp³-hybridized carbons (Fsp3) is 0.200. The molecule has 2 bridgehead atoms. The molecule has 0 saturated heterocycles. The SMILES string of the molecule is Cc1[nH]c2c(c1C(=O)NCC(O)CN=O)Cc1cccc(c1)-c1cccc(N)c1/C(C=O)=C/2. The second kappa shape index (κ2) is 9.22. The molecule has 0 spiro atoms. The van der Waals surface area contributed by atoms with Gasteiger partial charge in [-0.25, -0.2) is 0 Å². The lowest BCUT2D eigenvalue weighted by atomic mass is 9.89. The molecule has 8 nitrogen and oxygen atoms in total. The van der Waals surface area contributed by atoms with Crippen molar-refractivity contribution in [3.63, 3.8) is 0 Å². The first kappa shape index (κ1) is 22.2. The molecule has 5 N–H and O–H groups in total. The van der Waals surface area contributed by atoms with E-state index in [0.29, 0.717) is 40.2 Å². The summed E-state index contributed by atoms with van der Waals surface area (Å²) in [6.07, 6.45) is 1.88. The zero-order valence-electron chi connectivity index (χ0n) is 18.1. The number of rotatable bonds is 6. The van der Waals surface area contributed by atoms with Crippen LogP contribution in [0.1, 0.15) is 38.4 Å². The van der Waals surface area contributed by atoms with Gasteiger partial charge in [0.25, 0.3) is 5.91 Å². The van der Waals surface area contributed by atoms with Gasteiger partial charge in [0.05, 0.1) is 11.7 Å². The average molecular weight is 444 g/mol. The number of aliphatic hydroxyl groups is 1. The summed E-state index contributed by atoms with van der Waals surface area (Å²) in [5, 5.41) is 15.1. The molecule has 0 fully saturated rings. The van der Waals surface area contributed by atoms with Gasteiger partial charge in [0.2, 0.25) is 0 Å². The van der Waals surface area contributed by atoms with Crippen molar-refractivity contribution < 1.29 is 14.7 Å². The number of aromatic nitrogens is 1. The fourth-order valence-electron chi connectivity index (χ4n) is 4.27. The Bertz CT molecular complexity index is 1280. The number of benzene rings is 2. The lowest BCUT2D eigenvalue weighted by molar-refractivity contribution is -0.103. The molecule has 0 radical (unpaired) electrons. The number of aromatic amines is 1. The molecule has 168 valence electrons. The van der Waals surface area contributed by atoms with E-state index in [9.17, 15) is 19.6 Å². The number of anilines is 1. The number of aliphatic hydroxyl groups excluding tert-OH is 1. The molecule has 33 heavy (non-hydrogen) atoms. The Balaban J connectivity index is 1.88. The maximum Gasteiger partial charge on any atom is 0.253 e. The molecule has 3 aromatic rings. The van der Waals surface area contributed by atoms with E-state index in [4.69, 9.17) is 5.73 Å². The molecular formula is C25H24N4O4. The topological polar surface area (TPSA) is 138 Å². The molecular weight excluding hydrogens is 420 g/mol. The van der Waals surface area contributed by atoms with E-state index in [2.05, 4.69) is 15.5 Å². The van der Waals surface area contributed by atoms with Crippen LogP contribution in [0.2, 0.25) is 0 Å². The van der Waals surface area contributed by atoms with Crippen LogP contribution in [0.25, 0.3) is 22.8 Å². The van der Waals surface area contributed by atoms with E-state index in [1.165, 1.54) is 0 Å². The molecule has 1 aliphatic rings. The zero-order valence-corrected chi connectivity index (χ0v) is 18.1. The Morgan fingerprint density at radius 2 is 2.09 bits per heavy atom. The average Bonchev–Trinajstić information content (AvgIpc) is 3.10. The van der Waals surface area contributed by atoms with Crippen LogP contribution in [0.4, 0.5) is 5.69 Å². The number of fused-ring (bicyclic) bond motifs is 5. The second-order valence-electron chi connectivity index (χ2n) is 8.06. The Morgan fingerprint density at radius 1 is 1.30 bits per heavy atom. The monoisotopic (exact) mass is 444 g/mol. The number of carbonyl (C=O) groups is 2. The lowest BCUT2D eigenvalue weighted by Crippen LogP contribution is -2.34. The standard InChI is InChI=1S/C25H24N4O4/c1-14-23(25(32)27-11-18(31)12-28-33)20-9-15-4-2-5-16(8-15)19-6-3-7-21(26)24(19)17(13-30)10-22(20)29-14/h2-8,10,13,18,29,31H,9,11-12,26H2,1H3,(H,27,32)/b17-10+. The maximum absolute atomic E-state index is 13.0. The number of nitroso groups, excluding NO2 is 1. The van der Waals surface area contributed by atoms with Crippen LogP contribution < -0.4 is 11.1 Å². The van der Waals surface area contributed by atoms with Crippen LogP contribution in [0.5, 0.6) is 0 Å². The molecule has 4 rings (SSSR count). The molecule has 0 saturated carbocycles. The third kappa shape index (κ3) is 4.33. The van der Waals surface area contributed by atoms with Gasteiger partial charge in [0, 0.05) is 41.2 Å². The van der Waals surface area contributed by atoms with Gasteiger partial charge in [-0.3, -0.25) is 9.59 Å². The Labute approximate surface area is 190 Å². The van der Waals surface area contributed by atoms with E-state index in [1.54, 1.807) is 19.1 Å². The maximum atomic E-state index is 13.0. The molecule has 2 aromatic carbocycles. The quantitative estimate of drug-likeness (QED) is 0.263. The minimum absolute atomic E-state index is 0.0984. The molecule has 1 aliphatic carbocycles. The Kier molecular flexibility index (Phi) is 6.19. The summed E-state index contributed by atoms with van der Waals surface area (Å²) >= 11 is 0. The molecule has 1 atom stereocenters. The fourth-order valence-corrected chi connectivity index (χ4v) is 4.27. The summed E-state index contributed by atoms with van der Waals surface area (Å²) in [7, 11) is 0. The number of allylic oxidation sites excluding steroid dienone is 1. The minimum atomic E-state index is -1.06. The van der Waals surface area contributed by atoms with Crippen molar-refractivity contribution in [2.24, 2.45) is 5.18 Å². The number of aldehydes is 1. The molecule has 1 amide bonds. The number of hydrogen-bond donors (Lipinski definition) is 4. The van der Waals surface area contributed by atoms with Gasteiger partial charge < -0.3 is 21.1 Å². The second-order valence-corrected chi connectivity index (χ2v) is 8.06. The number of nitrogen functional groups attached to an aromatic ring is 1. The van der Waals surface area contributed by atoms with E-state index in [1.807, 2.05) is 36.4 Å². The minimum Gasteiger partial charge on any atom is -0.398 e. The van der Waals surface area contributed by atoms with E-state index in [0.717, 1.165) is 28.5 Å². The van der Waals surface area contributed by atoms with Crippen LogP contribution in [-0.2, 0) is 11.2 Å². The first-order valence-electron chi connectivity index (χ1n) is 10.5. The summed E-state index contributed by atoms with van der Waals surface area (Å²) in [5.41, 5.74) is 13.0. The first-order valence-corrected chi connectivity index (χ1v) is 10.5. The molecule has 8 heteroatoms. The summed E-state index contributed by atoms with van der Waals surface area (Å²) < 4.78 is 0. The number of nitrogens with one attached hydrogen (secondary N) is 2. The molecule has 1 heterocycles. The third-order valence-electron chi connectivity index (χ3n) is 5.77. The summed E-state index contributed by atoms with van der Waals surface area (Å²) in [5.74, 6) is -0.385. The molecule has 0 aliphatic heterocycles. The highest BCUT2D eigenvalue weighted by Crippen LogP contribution is 2.36. The van der Waals surface area contributed by atoms with Crippen molar-refractivity contribution in [3.8, 4) is 11.1 Å². The van der Waals surface area contributed by atoms with E-state index in [-0.39, 0.29) is 19.0 Å². The molecule has 1 aromatic heterocycles. The summed E-state index contributed by atoms with van der Waals surface area (Å²) in [4.78, 5) is 38.8. The van der Waals surface area contributed by atoms with Crippen molar-refractivity contribution in [2.75, 3.05) is 18.8 Å². The highest BCUT2D eigenvalue weighted by molar-refractivity contribution is 6.18. The van der Waals surface area contributed by atoms with Crippen LogP contribution in [0.3, 0.4) is 0 Å². The van der Waals surface area contributed by atoms with Gasteiger partial charge >= 0.3 is 0 Å². The number of hydrogen-bond acceptors (Lipinski definition) is 6. The number of H-pyrrole nitrogens is 1. The number of aryl methyl sites for hydroxylation is 1. The first-order chi connectivity index (χ1) is 15.9. The largest absolute Gasteiger partial charge is 0.398 e. The van der Waals surface area contributed by atoms with Crippen LogP contribution >= 0.6 is 0 Å².